The zero-order valence-corrected chi connectivity index (χ0v) is 15.7. The Morgan fingerprint density at radius 1 is 1.50 bits per heavy atom. The van der Waals surface area contributed by atoms with Crippen molar-refractivity contribution in [3.63, 3.8) is 0 Å². The molecule has 1 saturated heterocycles. The second-order valence-corrected chi connectivity index (χ2v) is 7.38. The number of hydrogen-bond acceptors (Lipinski definition) is 7. The maximum absolute atomic E-state index is 12.4. The summed E-state index contributed by atoms with van der Waals surface area (Å²) in [7, 11) is 1.62. The van der Waals surface area contributed by atoms with Crippen molar-refractivity contribution in [2.45, 2.75) is 49.4 Å². The molecule has 9 heteroatoms. The van der Waals surface area contributed by atoms with Crippen LogP contribution in [0.2, 0.25) is 0 Å². The predicted molar refractivity (Wildman–Crippen MR) is 97.0 cm³/mol. The van der Waals surface area contributed by atoms with Crippen LogP contribution in [0.3, 0.4) is 0 Å². The van der Waals surface area contributed by atoms with Gasteiger partial charge in [0, 0.05) is 18.7 Å². The molecule has 0 radical (unpaired) electrons. The molecular weight excluding hydrogens is 354 g/mol. The van der Waals surface area contributed by atoms with Gasteiger partial charge >= 0.3 is 0 Å². The Labute approximate surface area is 156 Å². The number of thioether (sulfide) groups is 1. The number of para-hydroxylation sites is 1. The first-order valence-corrected chi connectivity index (χ1v) is 9.49. The third-order valence-corrected chi connectivity index (χ3v) is 5.27. The lowest BCUT2D eigenvalue weighted by Gasteiger charge is -2.14. The van der Waals surface area contributed by atoms with Crippen LogP contribution in [0, 0.1) is 0 Å². The molecule has 2 heterocycles. The molecule has 8 nitrogen and oxygen atoms in total. The number of benzene rings is 1. The second kappa shape index (κ2) is 9.00. The van der Waals surface area contributed by atoms with Gasteiger partial charge in [-0.3, -0.25) is 4.79 Å². The molecule has 0 saturated carbocycles. The van der Waals surface area contributed by atoms with E-state index in [-0.39, 0.29) is 17.3 Å². The highest BCUT2D eigenvalue weighted by atomic mass is 32.2. The fourth-order valence-electron chi connectivity index (χ4n) is 2.76. The van der Waals surface area contributed by atoms with E-state index in [0.29, 0.717) is 18.2 Å². The molecule has 1 aromatic heterocycles. The number of methoxy groups -OCH3 is 1. The first-order valence-electron chi connectivity index (χ1n) is 8.61. The van der Waals surface area contributed by atoms with Crippen LogP contribution in [0.4, 0.5) is 0 Å². The molecule has 1 amide bonds. The van der Waals surface area contributed by atoms with Crippen LogP contribution in [0.25, 0.3) is 0 Å². The third-order valence-electron chi connectivity index (χ3n) is 4.20. The van der Waals surface area contributed by atoms with E-state index in [1.807, 2.05) is 31.2 Å². The number of carbonyl (C=O) groups is 1. The summed E-state index contributed by atoms with van der Waals surface area (Å²) in [5, 5.41) is 15.0. The molecule has 3 rings (SSSR count). The second-order valence-electron chi connectivity index (χ2n) is 6.07. The van der Waals surface area contributed by atoms with Crippen LogP contribution in [-0.4, -0.2) is 51.2 Å². The van der Waals surface area contributed by atoms with Gasteiger partial charge in [-0.05, 0) is 36.3 Å². The quantitative estimate of drug-likeness (QED) is 0.700. The van der Waals surface area contributed by atoms with Gasteiger partial charge in [-0.25, -0.2) is 4.68 Å². The number of carbonyl (C=O) groups excluding carboxylic acids is 1. The Balaban J connectivity index is 1.53. The zero-order valence-electron chi connectivity index (χ0n) is 14.9. The number of amides is 1. The van der Waals surface area contributed by atoms with Gasteiger partial charge in [0.2, 0.25) is 11.1 Å². The molecule has 1 aromatic carbocycles. The van der Waals surface area contributed by atoms with E-state index in [1.165, 1.54) is 11.8 Å². The number of hydrogen-bond donors (Lipinski definition) is 1. The summed E-state index contributed by atoms with van der Waals surface area (Å²) in [6.07, 6.45) is 2.23. The first kappa shape index (κ1) is 18.7. The number of tetrazole rings is 1. The molecule has 140 valence electrons. The molecule has 0 bridgehead atoms. The number of rotatable bonds is 8. The number of nitrogens with zero attached hydrogens (tertiary/aromatic N) is 4. The highest BCUT2D eigenvalue weighted by Gasteiger charge is 2.22. The highest BCUT2D eigenvalue weighted by Crippen LogP contribution is 2.23. The van der Waals surface area contributed by atoms with Gasteiger partial charge in [0.1, 0.15) is 5.75 Å². The summed E-state index contributed by atoms with van der Waals surface area (Å²) >= 11 is 1.34. The lowest BCUT2D eigenvalue weighted by Crippen LogP contribution is -2.31. The molecule has 1 fully saturated rings. The largest absolute Gasteiger partial charge is 0.496 e. The SMILES string of the molecule is COc1ccccc1CNC(=O)C(C)Sc1nnnn1CC1CCCO1. The van der Waals surface area contributed by atoms with Crippen LogP contribution >= 0.6 is 11.8 Å². The molecule has 1 aliphatic rings. The Bertz CT molecular complexity index is 733. The van der Waals surface area contributed by atoms with Gasteiger partial charge in [-0.15, -0.1) is 5.10 Å². The van der Waals surface area contributed by atoms with Gasteiger partial charge in [-0.1, -0.05) is 30.0 Å². The van der Waals surface area contributed by atoms with E-state index in [0.717, 1.165) is 30.8 Å². The summed E-state index contributed by atoms with van der Waals surface area (Å²) < 4.78 is 12.6. The van der Waals surface area contributed by atoms with Crippen molar-refractivity contribution in [3.05, 3.63) is 29.8 Å². The Kier molecular flexibility index (Phi) is 6.45. The summed E-state index contributed by atoms with van der Waals surface area (Å²) in [5.74, 6) is 0.682. The molecule has 0 spiro atoms. The van der Waals surface area contributed by atoms with Gasteiger partial charge < -0.3 is 14.8 Å². The molecule has 2 atom stereocenters. The van der Waals surface area contributed by atoms with Crippen molar-refractivity contribution >= 4 is 17.7 Å². The molecule has 2 unspecified atom stereocenters. The van der Waals surface area contributed by atoms with Crippen LogP contribution in [0.15, 0.2) is 29.4 Å². The Morgan fingerprint density at radius 3 is 3.12 bits per heavy atom. The van der Waals surface area contributed by atoms with Crippen LogP contribution < -0.4 is 10.1 Å². The smallest absolute Gasteiger partial charge is 0.233 e. The Morgan fingerprint density at radius 2 is 2.35 bits per heavy atom. The van der Waals surface area contributed by atoms with Crippen molar-refractivity contribution in [2.75, 3.05) is 13.7 Å². The van der Waals surface area contributed by atoms with Crippen LogP contribution in [-0.2, 0) is 22.6 Å². The van der Waals surface area contributed by atoms with Crippen molar-refractivity contribution in [2.24, 2.45) is 0 Å². The number of nitrogens with one attached hydrogen (secondary N) is 1. The van der Waals surface area contributed by atoms with Crippen LogP contribution in [0.1, 0.15) is 25.3 Å². The molecule has 0 aliphatic carbocycles. The average Bonchev–Trinajstić information content (AvgIpc) is 3.32. The maximum Gasteiger partial charge on any atom is 0.233 e. The van der Waals surface area contributed by atoms with Gasteiger partial charge in [0.25, 0.3) is 0 Å². The van der Waals surface area contributed by atoms with E-state index in [9.17, 15) is 4.79 Å². The molecule has 1 aliphatic heterocycles. The van der Waals surface area contributed by atoms with Crippen LogP contribution in [0.5, 0.6) is 5.75 Å². The minimum Gasteiger partial charge on any atom is -0.496 e. The summed E-state index contributed by atoms with van der Waals surface area (Å²) in [6, 6.07) is 7.62. The van der Waals surface area contributed by atoms with E-state index in [4.69, 9.17) is 9.47 Å². The van der Waals surface area contributed by atoms with Crippen molar-refractivity contribution in [1.29, 1.82) is 0 Å². The lowest BCUT2D eigenvalue weighted by atomic mass is 10.2. The van der Waals surface area contributed by atoms with E-state index >= 15 is 0 Å². The zero-order chi connectivity index (χ0) is 18.4. The van der Waals surface area contributed by atoms with Crippen molar-refractivity contribution in [1.82, 2.24) is 25.5 Å². The lowest BCUT2D eigenvalue weighted by molar-refractivity contribution is -0.120. The number of ether oxygens (including phenoxy) is 2. The summed E-state index contributed by atoms with van der Waals surface area (Å²) in [5.41, 5.74) is 0.934. The molecule has 1 N–H and O–H groups in total. The maximum atomic E-state index is 12.4. The van der Waals surface area contributed by atoms with Gasteiger partial charge in [-0.2, -0.15) is 0 Å². The normalized spacial score (nSPS) is 17.8. The highest BCUT2D eigenvalue weighted by molar-refractivity contribution is 8.00. The topological polar surface area (TPSA) is 91.2 Å². The minimum absolute atomic E-state index is 0.0763. The monoisotopic (exact) mass is 377 g/mol. The minimum atomic E-state index is -0.320. The predicted octanol–water partition coefficient (Wildman–Crippen LogP) is 1.66. The standard InChI is InChI=1S/C17H23N5O3S/c1-12(16(23)18-10-13-6-3-4-8-15(13)24-2)26-17-19-20-21-22(17)11-14-7-5-9-25-14/h3-4,6,8,12,14H,5,7,9-11H2,1-2H3,(H,18,23). The van der Waals surface area contributed by atoms with Gasteiger partial charge in [0.15, 0.2) is 0 Å². The third kappa shape index (κ3) is 4.73. The van der Waals surface area contributed by atoms with Crippen molar-refractivity contribution < 1.29 is 14.3 Å². The Hall–Kier alpha value is -2.13. The van der Waals surface area contributed by atoms with E-state index in [1.54, 1.807) is 11.8 Å². The average molecular weight is 377 g/mol. The van der Waals surface area contributed by atoms with E-state index in [2.05, 4.69) is 20.8 Å². The first-order chi connectivity index (χ1) is 12.7. The summed E-state index contributed by atoms with van der Waals surface area (Å²) in [4.78, 5) is 12.4. The van der Waals surface area contributed by atoms with E-state index < -0.39 is 0 Å². The van der Waals surface area contributed by atoms with Gasteiger partial charge in [0.05, 0.1) is 25.0 Å². The van der Waals surface area contributed by atoms with Crippen molar-refractivity contribution in [3.8, 4) is 5.75 Å². The molecular formula is C17H23N5O3S. The summed E-state index contributed by atoms with van der Waals surface area (Å²) in [6.45, 7) is 3.66. The number of aromatic nitrogens is 4. The fraction of sp³-hybridized carbons (Fsp3) is 0.529. The fourth-order valence-corrected chi connectivity index (χ4v) is 3.59. The molecule has 2 aromatic rings. The molecule has 26 heavy (non-hydrogen) atoms.